The van der Waals surface area contributed by atoms with Crippen molar-refractivity contribution < 1.29 is 4.79 Å². The number of nitrogens with one attached hydrogen (secondary N) is 1. The number of rotatable bonds is 7. The van der Waals surface area contributed by atoms with E-state index in [-0.39, 0.29) is 18.0 Å². The third-order valence-corrected chi connectivity index (χ3v) is 3.89. The molecule has 1 aliphatic rings. The first-order valence-corrected chi connectivity index (χ1v) is 7.41. The second-order valence-corrected chi connectivity index (χ2v) is 5.40. The SMILES string of the molecule is NCCCC[C@H](NC1CCCc2cccnc21)C(N)=O. The fraction of sp³-hybridized carbons (Fsp3) is 0.600. The Morgan fingerprint density at radius 3 is 3.10 bits per heavy atom. The van der Waals surface area contributed by atoms with Crippen molar-refractivity contribution >= 4 is 5.91 Å². The summed E-state index contributed by atoms with van der Waals surface area (Å²) in [7, 11) is 0. The average molecular weight is 276 g/mol. The number of fused-ring (bicyclic) bond motifs is 1. The molecule has 1 aromatic rings. The maximum atomic E-state index is 11.6. The Hall–Kier alpha value is -1.46. The molecule has 110 valence electrons. The first kappa shape index (κ1) is 14.9. The Kier molecular flexibility index (Phi) is 5.49. The molecule has 1 aliphatic carbocycles. The van der Waals surface area contributed by atoms with Gasteiger partial charge in [0, 0.05) is 6.20 Å². The maximum Gasteiger partial charge on any atom is 0.234 e. The number of carbonyl (C=O) groups is 1. The van der Waals surface area contributed by atoms with E-state index in [9.17, 15) is 4.79 Å². The van der Waals surface area contributed by atoms with Gasteiger partial charge in [0.2, 0.25) is 5.91 Å². The van der Waals surface area contributed by atoms with Gasteiger partial charge in [-0.25, -0.2) is 0 Å². The molecule has 2 rings (SSSR count). The van der Waals surface area contributed by atoms with Crippen LogP contribution in [-0.4, -0.2) is 23.5 Å². The van der Waals surface area contributed by atoms with Gasteiger partial charge in [-0.15, -0.1) is 0 Å². The van der Waals surface area contributed by atoms with Crippen LogP contribution in [0, 0.1) is 0 Å². The summed E-state index contributed by atoms with van der Waals surface area (Å²) in [5.74, 6) is -0.287. The van der Waals surface area contributed by atoms with Crippen molar-refractivity contribution in [2.45, 2.75) is 50.6 Å². The van der Waals surface area contributed by atoms with E-state index in [0.717, 1.165) is 44.2 Å². The number of carbonyl (C=O) groups excluding carboxylic acids is 1. The molecule has 0 fully saturated rings. The number of nitrogens with two attached hydrogens (primary N) is 2. The Bertz CT molecular complexity index is 449. The molecule has 5 N–H and O–H groups in total. The van der Waals surface area contributed by atoms with E-state index in [1.54, 1.807) is 0 Å². The second-order valence-electron chi connectivity index (χ2n) is 5.40. The van der Waals surface area contributed by atoms with Crippen LogP contribution in [0.1, 0.15) is 49.4 Å². The molecule has 1 heterocycles. The van der Waals surface area contributed by atoms with Crippen molar-refractivity contribution in [2.75, 3.05) is 6.54 Å². The van der Waals surface area contributed by atoms with E-state index in [1.165, 1.54) is 5.56 Å². The van der Waals surface area contributed by atoms with Crippen LogP contribution in [0.4, 0.5) is 0 Å². The van der Waals surface area contributed by atoms with Crippen LogP contribution in [0.5, 0.6) is 0 Å². The van der Waals surface area contributed by atoms with Gasteiger partial charge in [0.05, 0.1) is 17.8 Å². The predicted octanol–water partition coefficient (Wildman–Crippen LogP) is 1.03. The highest BCUT2D eigenvalue weighted by Crippen LogP contribution is 2.28. The fourth-order valence-corrected chi connectivity index (χ4v) is 2.81. The number of aromatic nitrogens is 1. The number of amides is 1. The van der Waals surface area contributed by atoms with Gasteiger partial charge >= 0.3 is 0 Å². The minimum Gasteiger partial charge on any atom is -0.368 e. The molecule has 0 aliphatic heterocycles. The number of nitrogens with zero attached hydrogens (tertiary/aromatic N) is 1. The standard InChI is InChI=1S/C15H24N4O/c16-9-2-1-7-13(15(17)20)19-12-8-3-5-11-6-4-10-18-14(11)12/h4,6,10,12-13,19H,1-3,5,7-9,16H2,(H2,17,20)/t12?,13-/m0/s1. The molecule has 0 bridgehead atoms. The van der Waals surface area contributed by atoms with Crippen LogP contribution in [0.25, 0.3) is 0 Å². The minimum absolute atomic E-state index is 0.135. The fourth-order valence-electron chi connectivity index (χ4n) is 2.81. The van der Waals surface area contributed by atoms with Crippen LogP contribution in [-0.2, 0) is 11.2 Å². The Labute approximate surface area is 120 Å². The first-order valence-electron chi connectivity index (χ1n) is 7.41. The molecule has 0 saturated heterocycles. The highest BCUT2D eigenvalue weighted by molar-refractivity contribution is 5.79. The van der Waals surface area contributed by atoms with Crippen LogP contribution in [0.2, 0.25) is 0 Å². The molecule has 1 unspecified atom stereocenters. The lowest BCUT2D eigenvalue weighted by atomic mass is 9.91. The third kappa shape index (κ3) is 3.77. The quantitative estimate of drug-likeness (QED) is 0.648. The molecule has 20 heavy (non-hydrogen) atoms. The van der Waals surface area contributed by atoms with Gasteiger partial charge in [0.15, 0.2) is 0 Å². The summed E-state index contributed by atoms with van der Waals surface area (Å²) in [5.41, 5.74) is 13.3. The monoisotopic (exact) mass is 276 g/mol. The normalized spacial score (nSPS) is 19.4. The second kappa shape index (κ2) is 7.36. The van der Waals surface area contributed by atoms with Gasteiger partial charge in [-0.3, -0.25) is 15.1 Å². The smallest absolute Gasteiger partial charge is 0.234 e. The van der Waals surface area contributed by atoms with Gasteiger partial charge in [-0.1, -0.05) is 12.5 Å². The molecule has 5 heteroatoms. The van der Waals surface area contributed by atoms with Gasteiger partial charge in [0.1, 0.15) is 0 Å². The molecule has 5 nitrogen and oxygen atoms in total. The number of hydrogen-bond donors (Lipinski definition) is 3. The molecule has 0 saturated carbocycles. The maximum absolute atomic E-state index is 11.6. The van der Waals surface area contributed by atoms with Gasteiger partial charge < -0.3 is 11.5 Å². The first-order chi connectivity index (χ1) is 9.72. The molecular formula is C15H24N4O. The van der Waals surface area contributed by atoms with Gasteiger partial charge in [0.25, 0.3) is 0 Å². The number of unbranched alkanes of at least 4 members (excludes halogenated alkanes) is 1. The Balaban J connectivity index is 2.02. The van der Waals surface area contributed by atoms with E-state index in [4.69, 9.17) is 11.5 Å². The molecule has 0 aromatic carbocycles. The van der Waals surface area contributed by atoms with Crippen molar-refractivity contribution in [3.8, 4) is 0 Å². The lowest BCUT2D eigenvalue weighted by Crippen LogP contribution is -2.44. The largest absolute Gasteiger partial charge is 0.368 e. The highest BCUT2D eigenvalue weighted by atomic mass is 16.1. The zero-order valence-electron chi connectivity index (χ0n) is 11.8. The van der Waals surface area contributed by atoms with Crippen LogP contribution in [0.3, 0.4) is 0 Å². The molecule has 0 spiro atoms. The van der Waals surface area contributed by atoms with Gasteiger partial charge in [-0.2, -0.15) is 0 Å². The van der Waals surface area contributed by atoms with Crippen molar-refractivity contribution in [3.05, 3.63) is 29.6 Å². The summed E-state index contributed by atoms with van der Waals surface area (Å²) < 4.78 is 0. The summed E-state index contributed by atoms with van der Waals surface area (Å²) in [6.45, 7) is 0.652. The summed E-state index contributed by atoms with van der Waals surface area (Å²) in [5, 5.41) is 3.39. The van der Waals surface area contributed by atoms with E-state index >= 15 is 0 Å². The third-order valence-electron chi connectivity index (χ3n) is 3.89. The lowest BCUT2D eigenvalue weighted by molar-refractivity contribution is -0.120. The molecule has 0 radical (unpaired) electrons. The van der Waals surface area contributed by atoms with E-state index in [1.807, 2.05) is 12.3 Å². The van der Waals surface area contributed by atoms with Crippen molar-refractivity contribution in [2.24, 2.45) is 11.5 Å². The van der Waals surface area contributed by atoms with Crippen molar-refractivity contribution in [1.82, 2.24) is 10.3 Å². The number of primary amides is 1. The molecule has 2 atom stereocenters. The van der Waals surface area contributed by atoms with E-state index in [2.05, 4.69) is 16.4 Å². The van der Waals surface area contributed by atoms with E-state index < -0.39 is 0 Å². The molecule has 1 aromatic heterocycles. The average Bonchev–Trinajstić information content (AvgIpc) is 2.46. The number of pyridine rings is 1. The summed E-state index contributed by atoms with van der Waals surface area (Å²) in [6, 6.07) is 3.92. The lowest BCUT2D eigenvalue weighted by Gasteiger charge is -2.28. The van der Waals surface area contributed by atoms with Crippen molar-refractivity contribution in [1.29, 1.82) is 0 Å². The number of hydrogen-bond acceptors (Lipinski definition) is 4. The Morgan fingerprint density at radius 2 is 2.35 bits per heavy atom. The molecule has 1 amide bonds. The molecular weight excluding hydrogens is 252 g/mol. The van der Waals surface area contributed by atoms with Gasteiger partial charge in [-0.05, 0) is 50.3 Å². The minimum atomic E-state index is -0.292. The topological polar surface area (TPSA) is 94.0 Å². The number of aryl methyl sites for hydroxylation is 1. The summed E-state index contributed by atoms with van der Waals surface area (Å²) >= 11 is 0. The van der Waals surface area contributed by atoms with E-state index in [0.29, 0.717) is 6.54 Å². The van der Waals surface area contributed by atoms with Crippen molar-refractivity contribution in [3.63, 3.8) is 0 Å². The van der Waals surface area contributed by atoms with Crippen LogP contribution >= 0.6 is 0 Å². The van der Waals surface area contributed by atoms with Crippen LogP contribution < -0.4 is 16.8 Å². The predicted molar refractivity (Wildman–Crippen MR) is 78.9 cm³/mol. The zero-order valence-corrected chi connectivity index (χ0v) is 11.8. The summed E-state index contributed by atoms with van der Waals surface area (Å²) in [6.07, 6.45) is 7.58. The zero-order chi connectivity index (χ0) is 14.4. The highest BCUT2D eigenvalue weighted by Gasteiger charge is 2.25. The Morgan fingerprint density at radius 1 is 1.50 bits per heavy atom. The summed E-state index contributed by atoms with van der Waals surface area (Å²) in [4.78, 5) is 16.1. The van der Waals surface area contributed by atoms with Crippen LogP contribution in [0.15, 0.2) is 18.3 Å².